The standard InChI is InChI=1S/C20H24N4O3S3/c1-27-16-8-6-14(7-9-16)21-19(29)11-15(25)10-18(26)23-24-20(30)22-17-5-3-2-4-13(17)12-28/h2-9,19,21,28-29H,10-12H2,1H3,(H,23,26)(H2,22,24,30). The molecule has 0 aromatic heterocycles. The molecule has 0 radical (unpaired) electrons. The largest absolute Gasteiger partial charge is 0.497 e. The third-order valence-corrected chi connectivity index (χ3v) is 4.81. The Hall–Kier alpha value is -2.43. The third kappa shape index (κ3) is 8.13. The lowest BCUT2D eigenvalue weighted by atomic mass is 10.2. The molecule has 1 unspecified atom stereocenters. The monoisotopic (exact) mass is 464 g/mol. The number of para-hydroxylation sites is 1. The minimum absolute atomic E-state index is 0.0839. The number of methoxy groups -OCH3 is 1. The molecule has 0 spiro atoms. The van der Waals surface area contributed by atoms with Crippen LogP contribution >= 0.6 is 37.5 Å². The van der Waals surface area contributed by atoms with Gasteiger partial charge in [-0.3, -0.25) is 20.4 Å². The Labute approximate surface area is 192 Å². The summed E-state index contributed by atoms with van der Waals surface area (Å²) in [7, 11) is 1.59. The second-order valence-corrected chi connectivity index (χ2v) is 7.60. The number of benzene rings is 2. The van der Waals surface area contributed by atoms with Gasteiger partial charge in [-0.25, -0.2) is 0 Å². The van der Waals surface area contributed by atoms with E-state index in [2.05, 4.69) is 46.7 Å². The number of hydrogen-bond acceptors (Lipinski definition) is 7. The van der Waals surface area contributed by atoms with Crippen LogP contribution in [-0.2, 0) is 15.3 Å². The second kappa shape index (κ2) is 12.3. The molecule has 4 N–H and O–H groups in total. The van der Waals surface area contributed by atoms with Crippen LogP contribution in [0.25, 0.3) is 0 Å². The molecule has 2 aromatic carbocycles. The summed E-state index contributed by atoms with van der Waals surface area (Å²) in [6.45, 7) is 0. The summed E-state index contributed by atoms with van der Waals surface area (Å²) >= 11 is 13.8. The molecular weight excluding hydrogens is 440 g/mol. The van der Waals surface area contributed by atoms with Gasteiger partial charge in [0.25, 0.3) is 0 Å². The molecule has 30 heavy (non-hydrogen) atoms. The number of hydrazine groups is 1. The molecule has 2 rings (SSSR count). The van der Waals surface area contributed by atoms with Crippen molar-refractivity contribution in [1.29, 1.82) is 0 Å². The highest BCUT2D eigenvalue weighted by atomic mass is 32.1. The number of thiol groups is 2. The van der Waals surface area contributed by atoms with E-state index in [-0.39, 0.29) is 23.7 Å². The number of ketones is 1. The molecule has 1 atom stereocenters. The fourth-order valence-corrected chi connectivity index (χ4v) is 3.29. The molecule has 7 nitrogen and oxygen atoms in total. The fraction of sp³-hybridized carbons (Fsp3) is 0.250. The first-order valence-electron chi connectivity index (χ1n) is 9.06. The number of rotatable bonds is 9. The van der Waals surface area contributed by atoms with Crippen molar-refractivity contribution in [2.45, 2.75) is 24.0 Å². The van der Waals surface area contributed by atoms with E-state index >= 15 is 0 Å². The van der Waals surface area contributed by atoms with E-state index in [4.69, 9.17) is 17.0 Å². The van der Waals surface area contributed by atoms with Gasteiger partial charge in [0, 0.05) is 23.5 Å². The molecule has 10 heteroatoms. The van der Waals surface area contributed by atoms with Crippen LogP contribution in [0.3, 0.4) is 0 Å². The molecule has 0 bridgehead atoms. The molecule has 160 valence electrons. The van der Waals surface area contributed by atoms with Crippen molar-refractivity contribution in [3.8, 4) is 5.75 Å². The van der Waals surface area contributed by atoms with Crippen LogP contribution in [0.15, 0.2) is 48.5 Å². The topological polar surface area (TPSA) is 91.5 Å². The zero-order valence-electron chi connectivity index (χ0n) is 16.3. The summed E-state index contributed by atoms with van der Waals surface area (Å²) in [5, 5.41) is 5.85. The van der Waals surface area contributed by atoms with E-state index in [0.717, 1.165) is 22.7 Å². The average Bonchev–Trinajstić information content (AvgIpc) is 2.73. The zero-order valence-corrected chi connectivity index (χ0v) is 19.0. The highest BCUT2D eigenvalue weighted by Gasteiger charge is 2.14. The Morgan fingerprint density at radius 3 is 2.47 bits per heavy atom. The van der Waals surface area contributed by atoms with Crippen LogP contribution in [0, 0.1) is 0 Å². The van der Waals surface area contributed by atoms with Crippen molar-refractivity contribution in [2.24, 2.45) is 0 Å². The van der Waals surface area contributed by atoms with Gasteiger partial charge in [-0.05, 0) is 48.1 Å². The van der Waals surface area contributed by atoms with Crippen LogP contribution in [0.1, 0.15) is 18.4 Å². The number of nitrogens with one attached hydrogen (secondary N) is 4. The van der Waals surface area contributed by atoms with E-state index in [0.29, 0.717) is 5.75 Å². The van der Waals surface area contributed by atoms with Crippen LogP contribution in [0.2, 0.25) is 0 Å². The summed E-state index contributed by atoms with van der Waals surface area (Å²) < 4.78 is 5.10. The summed E-state index contributed by atoms with van der Waals surface area (Å²) in [6, 6.07) is 14.8. The molecule has 0 fully saturated rings. The number of ether oxygens (including phenoxy) is 1. The zero-order chi connectivity index (χ0) is 21.9. The van der Waals surface area contributed by atoms with Gasteiger partial charge in [-0.15, -0.1) is 0 Å². The molecule has 2 aromatic rings. The van der Waals surface area contributed by atoms with E-state index in [9.17, 15) is 9.59 Å². The van der Waals surface area contributed by atoms with E-state index in [1.165, 1.54) is 0 Å². The Kier molecular flexibility index (Phi) is 9.78. The number of hydrogen-bond donors (Lipinski definition) is 6. The maximum Gasteiger partial charge on any atom is 0.245 e. The predicted molar refractivity (Wildman–Crippen MR) is 130 cm³/mol. The van der Waals surface area contributed by atoms with Crippen molar-refractivity contribution in [1.82, 2.24) is 10.9 Å². The lowest BCUT2D eigenvalue weighted by Gasteiger charge is -2.15. The SMILES string of the molecule is COc1ccc(NC(S)CC(=O)CC(=O)NNC(=S)Nc2ccccc2CS)cc1. The summed E-state index contributed by atoms with van der Waals surface area (Å²) in [4.78, 5) is 24.1. The Balaban J connectivity index is 1.71. The lowest BCUT2D eigenvalue weighted by molar-refractivity contribution is -0.128. The van der Waals surface area contributed by atoms with Crippen molar-refractivity contribution in [2.75, 3.05) is 17.7 Å². The van der Waals surface area contributed by atoms with Gasteiger partial charge in [-0.1, -0.05) is 18.2 Å². The van der Waals surface area contributed by atoms with Crippen LogP contribution in [0.4, 0.5) is 11.4 Å². The number of amides is 1. The number of carbonyl (C=O) groups excluding carboxylic acids is 2. The highest BCUT2D eigenvalue weighted by molar-refractivity contribution is 7.81. The first-order valence-corrected chi connectivity index (χ1v) is 10.6. The van der Waals surface area contributed by atoms with Gasteiger partial charge in [-0.2, -0.15) is 25.3 Å². The normalized spacial score (nSPS) is 11.2. The van der Waals surface area contributed by atoms with Crippen LogP contribution < -0.4 is 26.2 Å². The van der Waals surface area contributed by atoms with Crippen molar-refractivity contribution < 1.29 is 14.3 Å². The Morgan fingerprint density at radius 1 is 1.10 bits per heavy atom. The summed E-state index contributed by atoms with van der Waals surface area (Å²) in [6.07, 6.45) is -0.204. The first-order chi connectivity index (χ1) is 14.4. The molecule has 0 saturated heterocycles. The van der Waals surface area contributed by atoms with E-state index in [1.807, 2.05) is 36.4 Å². The molecule has 1 amide bonds. The van der Waals surface area contributed by atoms with Crippen LogP contribution in [-0.4, -0.2) is 29.3 Å². The first kappa shape index (κ1) is 23.8. The van der Waals surface area contributed by atoms with Gasteiger partial charge >= 0.3 is 0 Å². The van der Waals surface area contributed by atoms with E-state index in [1.54, 1.807) is 19.2 Å². The Bertz CT molecular complexity index is 878. The van der Waals surface area contributed by atoms with Gasteiger partial charge in [0.15, 0.2) is 5.11 Å². The minimum atomic E-state index is -0.489. The molecule has 0 heterocycles. The lowest BCUT2D eigenvalue weighted by Crippen LogP contribution is -2.44. The number of anilines is 2. The molecule has 0 aliphatic carbocycles. The Morgan fingerprint density at radius 2 is 1.80 bits per heavy atom. The molecule has 0 saturated carbocycles. The summed E-state index contributed by atoms with van der Waals surface area (Å²) in [5.74, 6) is 0.534. The van der Waals surface area contributed by atoms with Crippen molar-refractivity contribution in [3.63, 3.8) is 0 Å². The van der Waals surface area contributed by atoms with Gasteiger partial charge in [0.1, 0.15) is 11.5 Å². The average molecular weight is 465 g/mol. The molecule has 0 aliphatic rings. The summed E-state index contributed by atoms with van der Waals surface area (Å²) in [5.41, 5.74) is 7.56. The molecular formula is C20H24N4O3S3. The van der Waals surface area contributed by atoms with E-state index < -0.39 is 11.3 Å². The van der Waals surface area contributed by atoms with Crippen LogP contribution in [0.5, 0.6) is 5.75 Å². The predicted octanol–water partition coefficient (Wildman–Crippen LogP) is 3.16. The van der Waals surface area contributed by atoms with Gasteiger partial charge in [0.05, 0.1) is 18.9 Å². The smallest absolute Gasteiger partial charge is 0.245 e. The van der Waals surface area contributed by atoms with Gasteiger partial charge in [0.2, 0.25) is 5.91 Å². The van der Waals surface area contributed by atoms with Crippen molar-refractivity contribution in [3.05, 3.63) is 54.1 Å². The van der Waals surface area contributed by atoms with Gasteiger partial charge < -0.3 is 15.4 Å². The second-order valence-electron chi connectivity index (χ2n) is 6.25. The number of carbonyl (C=O) groups is 2. The minimum Gasteiger partial charge on any atom is -0.497 e. The quantitative estimate of drug-likeness (QED) is 0.112. The number of thiocarbonyl (C=S) groups is 1. The van der Waals surface area contributed by atoms with Crippen molar-refractivity contribution >= 4 is 65.7 Å². The fourth-order valence-electron chi connectivity index (χ4n) is 2.50. The maximum absolute atomic E-state index is 12.1. The maximum atomic E-state index is 12.1. The molecule has 0 aliphatic heterocycles. The third-order valence-electron chi connectivity index (χ3n) is 3.95. The number of Topliss-reactive ketones (excluding diaryl/α,β-unsaturated/α-hetero) is 1. The highest BCUT2D eigenvalue weighted by Crippen LogP contribution is 2.18.